The first kappa shape index (κ1) is 17.8. The first-order valence-electron chi connectivity index (χ1n) is 7.24. The quantitative estimate of drug-likeness (QED) is 0.559. The van der Waals surface area contributed by atoms with Crippen molar-refractivity contribution in [1.82, 2.24) is 10.6 Å². The minimum absolute atomic E-state index is 0.0770. The van der Waals surface area contributed by atoms with Gasteiger partial charge in [0.05, 0.1) is 6.04 Å². The van der Waals surface area contributed by atoms with E-state index in [1.54, 1.807) is 35.7 Å². The summed E-state index contributed by atoms with van der Waals surface area (Å²) in [5.74, 6) is -2.68. The molecule has 1 aromatic heterocycles. The maximum Gasteiger partial charge on any atom is 0.437 e. The molecule has 0 spiro atoms. The van der Waals surface area contributed by atoms with Crippen molar-refractivity contribution in [2.75, 3.05) is 0 Å². The Morgan fingerprint density at radius 1 is 1.20 bits per heavy atom. The van der Waals surface area contributed by atoms with Crippen molar-refractivity contribution >= 4 is 34.5 Å². The second-order valence-corrected chi connectivity index (χ2v) is 6.95. The lowest BCUT2D eigenvalue weighted by atomic mass is 9.79. The zero-order valence-corrected chi connectivity index (χ0v) is 14.2. The highest BCUT2D eigenvalue weighted by atomic mass is 32.1. The van der Waals surface area contributed by atoms with E-state index < -0.39 is 29.6 Å². The number of thiocarbonyl (C=S) groups is 1. The number of aliphatic hydroxyl groups is 1. The summed E-state index contributed by atoms with van der Waals surface area (Å²) in [7, 11) is 0. The summed E-state index contributed by atoms with van der Waals surface area (Å²) in [6.07, 6.45) is -5.11. The SMILES string of the molecule is O=C(c1ccccc1)C1C(c2cccs2)NC(=S)NC1(O)C(F)(F)F. The molecule has 0 amide bonds. The standard InChI is InChI=1S/C16H13F3N2O2S2/c17-16(18,19)15(23)11(13(22)9-5-2-1-3-6-9)12(20-14(24)21-15)10-7-4-8-25-10/h1-8,11-12,23H,(H2,20,21,24). The van der Waals surface area contributed by atoms with Crippen LogP contribution in [0.3, 0.4) is 0 Å². The lowest BCUT2D eigenvalue weighted by Gasteiger charge is -2.45. The van der Waals surface area contributed by atoms with Crippen LogP contribution < -0.4 is 10.6 Å². The van der Waals surface area contributed by atoms with Gasteiger partial charge in [0.25, 0.3) is 0 Å². The summed E-state index contributed by atoms with van der Waals surface area (Å²) in [5, 5.41) is 16.3. The number of carbonyl (C=O) groups excluding carboxylic acids is 1. The van der Waals surface area contributed by atoms with Gasteiger partial charge < -0.3 is 15.7 Å². The molecule has 3 atom stereocenters. The van der Waals surface area contributed by atoms with Crippen molar-refractivity contribution in [3.05, 3.63) is 58.3 Å². The topological polar surface area (TPSA) is 61.4 Å². The van der Waals surface area contributed by atoms with Gasteiger partial charge in [-0.15, -0.1) is 11.3 Å². The van der Waals surface area contributed by atoms with Gasteiger partial charge >= 0.3 is 6.18 Å². The van der Waals surface area contributed by atoms with Crippen LogP contribution in [-0.4, -0.2) is 27.9 Å². The molecule has 0 saturated carbocycles. The number of nitrogens with one attached hydrogen (secondary N) is 2. The molecular formula is C16H13F3N2O2S2. The van der Waals surface area contributed by atoms with E-state index in [2.05, 4.69) is 5.32 Å². The molecule has 4 nitrogen and oxygen atoms in total. The van der Waals surface area contributed by atoms with E-state index in [0.717, 1.165) is 0 Å². The third-order valence-corrected chi connectivity index (χ3v) is 5.17. The first-order valence-corrected chi connectivity index (χ1v) is 8.53. The predicted molar refractivity (Wildman–Crippen MR) is 91.2 cm³/mol. The third-order valence-electron chi connectivity index (χ3n) is 4.00. The van der Waals surface area contributed by atoms with E-state index >= 15 is 0 Å². The van der Waals surface area contributed by atoms with Gasteiger partial charge in [-0.1, -0.05) is 36.4 Å². The lowest BCUT2D eigenvalue weighted by molar-refractivity contribution is -0.285. The Morgan fingerprint density at radius 2 is 1.88 bits per heavy atom. The molecule has 2 heterocycles. The van der Waals surface area contributed by atoms with E-state index in [0.29, 0.717) is 4.88 Å². The largest absolute Gasteiger partial charge is 0.437 e. The van der Waals surface area contributed by atoms with Gasteiger partial charge in [-0.3, -0.25) is 4.79 Å². The van der Waals surface area contributed by atoms with Gasteiger partial charge in [0.1, 0.15) is 5.92 Å². The van der Waals surface area contributed by atoms with Crippen molar-refractivity contribution < 1.29 is 23.1 Å². The van der Waals surface area contributed by atoms with Crippen LogP contribution >= 0.6 is 23.6 Å². The highest BCUT2D eigenvalue weighted by molar-refractivity contribution is 7.80. The number of carbonyl (C=O) groups is 1. The van der Waals surface area contributed by atoms with E-state index in [1.807, 2.05) is 5.32 Å². The minimum Gasteiger partial charge on any atom is -0.363 e. The van der Waals surface area contributed by atoms with E-state index in [9.17, 15) is 23.1 Å². The fourth-order valence-electron chi connectivity index (χ4n) is 2.83. The molecule has 0 aliphatic carbocycles. The number of halogens is 3. The van der Waals surface area contributed by atoms with Crippen molar-refractivity contribution in [1.29, 1.82) is 0 Å². The number of hydrogen-bond donors (Lipinski definition) is 3. The molecule has 132 valence electrons. The lowest BCUT2D eigenvalue weighted by Crippen LogP contribution is -2.72. The molecule has 1 saturated heterocycles. The van der Waals surface area contributed by atoms with Crippen LogP contribution in [0, 0.1) is 5.92 Å². The maximum absolute atomic E-state index is 13.7. The van der Waals surface area contributed by atoms with Crippen molar-refractivity contribution in [2.45, 2.75) is 17.9 Å². The van der Waals surface area contributed by atoms with Gasteiger partial charge in [0.15, 0.2) is 10.9 Å². The molecule has 25 heavy (non-hydrogen) atoms. The Morgan fingerprint density at radius 3 is 2.44 bits per heavy atom. The van der Waals surface area contributed by atoms with Crippen molar-refractivity contribution in [3.63, 3.8) is 0 Å². The molecular weight excluding hydrogens is 373 g/mol. The number of thiophene rings is 1. The fourth-order valence-corrected chi connectivity index (χ4v) is 3.92. The second-order valence-electron chi connectivity index (χ2n) is 5.56. The van der Waals surface area contributed by atoms with Crippen LogP contribution in [0.25, 0.3) is 0 Å². The molecule has 1 aliphatic rings. The molecule has 2 aromatic rings. The molecule has 0 bridgehead atoms. The summed E-state index contributed by atoms with van der Waals surface area (Å²) >= 11 is 6.02. The second kappa shape index (κ2) is 6.40. The Hall–Kier alpha value is -1.97. The number of benzene rings is 1. The Balaban J connectivity index is 2.14. The van der Waals surface area contributed by atoms with E-state index in [-0.39, 0.29) is 10.7 Å². The maximum atomic E-state index is 13.7. The summed E-state index contributed by atoms with van der Waals surface area (Å²) in [6.45, 7) is 0. The minimum atomic E-state index is -5.11. The number of alkyl halides is 3. The summed E-state index contributed by atoms with van der Waals surface area (Å²) in [6, 6.07) is 9.73. The van der Waals surface area contributed by atoms with E-state index in [1.165, 1.54) is 23.5 Å². The highest BCUT2D eigenvalue weighted by Gasteiger charge is 2.65. The number of hydrogen-bond acceptors (Lipinski definition) is 4. The normalized spacial score (nSPS) is 26.6. The molecule has 3 unspecified atom stereocenters. The average molecular weight is 386 g/mol. The monoisotopic (exact) mass is 386 g/mol. The Labute approximate surface area is 150 Å². The van der Waals surface area contributed by atoms with E-state index in [4.69, 9.17) is 12.2 Å². The summed E-state index contributed by atoms with van der Waals surface area (Å²) < 4.78 is 41.1. The van der Waals surface area contributed by atoms with Gasteiger partial charge in [-0.05, 0) is 23.7 Å². The van der Waals surface area contributed by atoms with Gasteiger partial charge in [-0.25, -0.2) is 0 Å². The molecule has 3 N–H and O–H groups in total. The number of ketones is 1. The van der Waals surface area contributed by atoms with Gasteiger partial charge in [0.2, 0.25) is 5.72 Å². The summed E-state index contributed by atoms with van der Waals surface area (Å²) in [4.78, 5) is 13.4. The molecule has 1 fully saturated rings. The zero-order chi connectivity index (χ0) is 18.2. The van der Waals surface area contributed by atoms with Crippen molar-refractivity contribution in [3.8, 4) is 0 Å². The van der Waals surface area contributed by atoms with Crippen LogP contribution in [0.1, 0.15) is 21.3 Å². The molecule has 1 aliphatic heterocycles. The number of Topliss-reactive ketones (excluding diaryl/α,β-unsaturated/α-hetero) is 1. The van der Waals surface area contributed by atoms with Crippen LogP contribution in [-0.2, 0) is 0 Å². The molecule has 9 heteroatoms. The average Bonchev–Trinajstić information content (AvgIpc) is 3.08. The highest BCUT2D eigenvalue weighted by Crippen LogP contribution is 2.44. The molecule has 1 aromatic carbocycles. The van der Waals surface area contributed by atoms with Crippen LogP contribution in [0.4, 0.5) is 13.2 Å². The van der Waals surface area contributed by atoms with Crippen LogP contribution in [0.5, 0.6) is 0 Å². The number of rotatable bonds is 3. The van der Waals surface area contributed by atoms with Gasteiger partial charge in [0, 0.05) is 10.4 Å². The fraction of sp³-hybridized carbons (Fsp3) is 0.250. The molecule has 0 radical (unpaired) electrons. The smallest absolute Gasteiger partial charge is 0.363 e. The Kier molecular flexibility index (Phi) is 4.56. The Bertz CT molecular complexity index is 780. The zero-order valence-electron chi connectivity index (χ0n) is 12.6. The predicted octanol–water partition coefficient (Wildman–Crippen LogP) is 3.02. The van der Waals surface area contributed by atoms with Crippen LogP contribution in [0.15, 0.2) is 47.8 Å². The molecule has 3 rings (SSSR count). The van der Waals surface area contributed by atoms with Crippen LogP contribution in [0.2, 0.25) is 0 Å². The first-order chi connectivity index (χ1) is 11.7. The summed E-state index contributed by atoms with van der Waals surface area (Å²) in [5.41, 5.74) is -3.40. The third kappa shape index (κ3) is 3.14. The van der Waals surface area contributed by atoms with Gasteiger partial charge in [-0.2, -0.15) is 13.2 Å². The van der Waals surface area contributed by atoms with Crippen molar-refractivity contribution in [2.24, 2.45) is 5.92 Å².